The average Bonchev–Trinajstić information content (AvgIpc) is 2.19. The third kappa shape index (κ3) is 5.10. The molecule has 0 amide bonds. The maximum atomic E-state index is 11.9. The first kappa shape index (κ1) is 13.9. The minimum atomic E-state index is -4.70. The van der Waals surface area contributed by atoms with E-state index in [-0.39, 0.29) is 10.8 Å². The number of hydrogen-bond acceptors (Lipinski definition) is 2. The summed E-state index contributed by atoms with van der Waals surface area (Å²) in [5.41, 5.74) is 0.636. The lowest BCUT2D eigenvalue weighted by molar-refractivity contribution is -0.274. The highest BCUT2D eigenvalue weighted by atomic mass is 35.5. The van der Waals surface area contributed by atoms with Crippen LogP contribution < -0.4 is 10.1 Å². The number of alkyl halides is 3. The van der Waals surface area contributed by atoms with Gasteiger partial charge >= 0.3 is 6.36 Å². The van der Waals surface area contributed by atoms with Crippen molar-refractivity contribution in [2.24, 2.45) is 0 Å². The molecular formula is C11H11ClF3NO. The van der Waals surface area contributed by atoms with Gasteiger partial charge in [-0.15, -0.1) is 13.2 Å². The van der Waals surface area contributed by atoms with E-state index in [9.17, 15) is 13.2 Å². The molecule has 1 aromatic rings. The van der Waals surface area contributed by atoms with Crippen LogP contribution in [0.15, 0.2) is 24.3 Å². The molecular weight excluding hydrogens is 255 g/mol. The SMILES string of the molecule is CNCC=Cc1ccc(OC(F)(F)F)cc1Cl. The van der Waals surface area contributed by atoms with Crippen LogP contribution in [0.5, 0.6) is 5.75 Å². The zero-order valence-corrected chi connectivity index (χ0v) is 9.77. The number of benzene rings is 1. The van der Waals surface area contributed by atoms with Crippen molar-refractivity contribution >= 4 is 17.7 Å². The van der Waals surface area contributed by atoms with Gasteiger partial charge in [-0.05, 0) is 30.8 Å². The molecule has 0 saturated carbocycles. The van der Waals surface area contributed by atoms with Crippen LogP contribution in [0.25, 0.3) is 6.08 Å². The minimum Gasteiger partial charge on any atom is -0.406 e. The highest BCUT2D eigenvalue weighted by Gasteiger charge is 2.31. The van der Waals surface area contributed by atoms with E-state index in [1.165, 1.54) is 12.1 Å². The van der Waals surface area contributed by atoms with Crippen LogP contribution in [0.1, 0.15) is 5.56 Å². The number of likely N-dealkylation sites (N-methyl/N-ethyl adjacent to an activating group) is 1. The molecule has 0 atom stereocenters. The molecule has 0 saturated heterocycles. The van der Waals surface area contributed by atoms with Gasteiger partial charge in [-0.2, -0.15) is 0 Å². The Bertz CT molecular complexity index is 404. The predicted molar refractivity (Wildman–Crippen MR) is 61.1 cm³/mol. The fourth-order valence-corrected chi connectivity index (χ4v) is 1.38. The molecule has 2 nitrogen and oxygen atoms in total. The second-order valence-electron chi connectivity index (χ2n) is 3.19. The summed E-state index contributed by atoms with van der Waals surface area (Å²) in [4.78, 5) is 0. The summed E-state index contributed by atoms with van der Waals surface area (Å²) < 4.78 is 39.5. The molecule has 0 aliphatic rings. The standard InChI is InChI=1S/C11H11ClF3NO/c1-16-6-2-3-8-4-5-9(7-10(8)12)17-11(13,14)15/h2-5,7,16H,6H2,1H3. The van der Waals surface area contributed by atoms with E-state index in [0.29, 0.717) is 12.1 Å². The van der Waals surface area contributed by atoms with Gasteiger partial charge in [-0.25, -0.2) is 0 Å². The highest BCUT2D eigenvalue weighted by Crippen LogP contribution is 2.28. The van der Waals surface area contributed by atoms with Crippen LogP contribution in [0.4, 0.5) is 13.2 Å². The lowest BCUT2D eigenvalue weighted by Gasteiger charge is -2.09. The van der Waals surface area contributed by atoms with Crippen molar-refractivity contribution in [3.63, 3.8) is 0 Å². The van der Waals surface area contributed by atoms with Crippen molar-refractivity contribution in [2.75, 3.05) is 13.6 Å². The minimum absolute atomic E-state index is 0.208. The van der Waals surface area contributed by atoms with Crippen molar-refractivity contribution in [3.05, 3.63) is 34.9 Å². The number of ether oxygens (including phenoxy) is 1. The molecule has 17 heavy (non-hydrogen) atoms. The van der Waals surface area contributed by atoms with E-state index >= 15 is 0 Å². The van der Waals surface area contributed by atoms with E-state index < -0.39 is 6.36 Å². The zero-order chi connectivity index (χ0) is 12.9. The number of halogens is 4. The van der Waals surface area contributed by atoms with Crippen LogP contribution in [-0.2, 0) is 0 Å². The molecule has 0 aliphatic heterocycles. The fraction of sp³-hybridized carbons (Fsp3) is 0.273. The first-order chi connectivity index (χ1) is 7.92. The molecule has 1 N–H and O–H groups in total. The van der Waals surface area contributed by atoms with Gasteiger partial charge in [0.15, 0.2) is 0 Å². The van der Waals surface area contributed by atoms with Gasteiger partial charge in [0.1, 0.15) is 5.75 Å². The van der Waals surface area contributed by atoms with Crippen LogP contribution in [-0.4, -0.2) is 20.0 Å². The van der Waals surface area contributed by atoms with Crippen LogP contribution >= 0.6 is 11.6 Å². The average molecular weight is 266 g/mol. The van der Waals surface area contributed by atoms with Gasteiger partial charge in [0.2, 0.25) is 0 Å². The Morgan fingerprint density at radius 1 is 1.41 bits per heavy atom. The van der Waals surface area contributed by atoms with E-state index in [1.807, 2.05) is 6.08 Å². The Labute approximate surface area is 102 Å². The van der Waals surface area contributed by atoms with Crippen molar-refractivity contribution in [2.45, 2.75) is 6.36 Å². The smallest absolute Gasteiger partial charge is 0.406 e. The third-order valence-electron chi connectivity index (χ3n) is 1.82. The summed E-state index contributed by atoms with van der Waals surface area (Å²) in [5.74, 6) is -0.326. The molecule has 1 aromatic carbocycles. The lowest BCUT2D eigenvalue weighted by Crippen LogP contribution is -2.17. The molecule has 0 bridgehead atoms. The number of nitrogens with one attached hydrogen (secondary N) is 1. The summed E-state index contributed by atoms with van der Waals surface area (Å²) in [5, 5.41) is 3.10. The maximum absolute atomic E-state index is 11.9. The lowest BCUT2D eigenvalue weighted by atomic mass is 10.2. The molecule has 0 radical (unpaired) electrons. The normalized spacial score (nSPS) is 12.1. The fourth-order valence-electron chi connectivity index (χ4n) is 1.14. The van der Waals surface area contributed by atoms with Gasteiger partial charge in [-0.1, -0.05) is 23.8 Å². The highest BCUT2D eigenvalue weighted by molar-refractivity contribution is 6.32. The Balaban J connectivity index is 2.79. The number of rotatable bonds is 4. The Morgan fingerprint density at radius 3 is 2.65 bits per heavy atom. The maximum Gasteiger partial charge on any atom is 0.573 e. The molecule has 0 aromatic heterocycles. The molecule has 1 rings (SSSR count). The van der Waals surface area contributed by atoms with Gasteiger partial charge in [0.05, 0.1) is 5.02 Å². The summed E-state index contributed by atoms with van der Waals surface area (Å²) in [7, 11) is 1.78. The zero-order valence-electron chi connectivity index (χ0n) is 9.01. The van der Waals surface area contributed by atoms with Crippen molar-refractivity contribution in [3.8, 4) is 5.75 Å². The van der Waals surface area contributed by atoms with Crippen molar-refractivity contribution in [1.82, 2.24) is 5.32 Å². The van der Waals surface area contributed by atoms with E-state index in [0.717, 1.165) is 6.07 Å². The van der Waals surface area contributed by atoms with Crippen molar-refractivity contribution < 1.29 is 17.9 Å². The first-order valence-electron chi connectivity index (χ1n) is 4.79. The summed E-state index contributed by atoms with van der Waals surface area (Å²) in [6.45, 7) is 0.650. The van der Waals surface area contributed by atoms with E-state index in [4.69, 9.17) is 11.6 Å². The van der Waals surface area contributed by atoms with Gasteiger partial charge in [0, 0.05) is 6.54 Å². The summed E-state index contributed by atoms with van der Waals surface area (Å²) in [6, 6.07) is 3.82. The number of hydrogen-bond donors (Lipinski definition) is 1. The van der Waals surface area contributed by atoms with Gasteiger partial charge in [0.25, 0.3) is 0 Å². The third-order valence-corrected chi connectivity index (χ3v) is 2.15. The summed E-state index contributed by atoms with van der Waals surface area (Å²) >= 11 is 5.82. The van der Waals surface area contributed by atoms with Gasteiger partial charge < -0.3 is 10.1 Å². The Morgan fingerprint density at radius 2 is 2.12 bits per heavy atom. The quantitative estimate of drug-likeness (QED) is 0.900. The van der Waals surface area contributed by atoms with Gasteiger partial charge in [-0.3, -0.25) is 0 Å². The monoisotopic (exact) mass is 265 g/mol. The first-order valence-corrected chi connectivity index (χ1v) is 5.16. The van der Waals surface area contributed by atoms with Crippen molar-refractivity contribution in [1.29, 1.82) is 0 Å². The second kappa shape index (κ2) is 5.93. The molecule has 94 valence electrons. The molecule has 0 spiro atoms. The van der Waals surface area contributed by atoms with Crippen LogP contribution in [0, 0.1) is 0 Å². The molecule has 0 aliphatic carbocycles. The largest absolute Gasteiger partial charge is 0.573 e. The van der Waals surface area contributed by atoms with Crippen LogP contribution in [0.3, 0.4) is 0 Å². The van der Waals surface area contributed by atoms with Crippen LogP contribution in [0.2, 0.25) is 5.02 Å². The Hall–Kier alpha value is -1.20. The Kier molecular flexibility index (Phi) is 4.84. The topological polar surface area (TPSA) is 21.3 Å². The van der Waals surface area contributed by atoms with E-state index in [2.05, 4.69) is 10.1 Å². The molecule has 0 unspecified atom stereocenters. The summed E-state index contributed by atoms with van der Waals surface area (Å²) in [6.07, 6.45) is -1.17. The molecule has 0 heterocycles. The second-order valence-corrected chi connectivity index (χ2v) is 3.60. The van der Waals surface area contributed by atoms with E-state index in [1.54, 1.807) is 13.1 Å². The predicted octanol–water partition coefficient (Wildman–Crippen LogP) is 3.47. The molecule has 6 heteroatoms. The molecule has 0 fully saturated rings.